The third-order valence-electron chi connectivity index (χ3n) is 2.87. The maximum Gasteiger partial charge on any atom is 0.309 e. The highest BCUT2D eigenvalue weighted by Gasteiger charge is 2.33. The van der Waals surface area contributed by atoms with Crippen molar-refractivity contribution in [1.82, 2.24) is 0 Å². The molecule has 106 valence electrons. The first kappa shape index (κ1) is 14.0. The third-order valence-corrected chi connectivity index (χ3v) is 2.87. The average Bonchev–Trinajstić information content (AvgIpc) is 3.26. The average molecular weight is 270 g/mol. The summed E-state index contributed by atoms with van der Waals surface area (Å²) < 4.78 is 20.0. The number of esters is 2. The second-order valence-corrected chi connectivity index (χ2v) is 4.65. The Kier molecular flexibility index (Phi) is 4.93. The maximum atomic E-state index is 11.8. The van der Waals surface area contributed by atoms with Crippen molar-refractivity contribution in [3.05, 3.63) is 12.7 Å². The topological polar surface area (TPSA) is 77.7 Å². The first-order valence-corrected chi connectivity index (χ1v) is 6.35. The summed E-state index contributed by atoms with van der Waals surface area (Å²) in [5, 5.41) is 0. The molecule has 0 aromatic carbocycles. The SMILES string of the molecule is C=CCOC(=O)C(CC(=O)OCC1CO1)CC1CO1. The fraction of sp³-hybridized carbons (Fsp3) is 0.692. The largest absolute Gasteiger partial charge is 0.463 e. The predicted octanol–water partition coefficient (Wildman–Crippen LogP) is 0.453. The Morgan fingerprint density at radius 2 is 1.95 bits per heavy atom. The molecule has 2 heterocycles. The Balaban J connectivity index is 1.75. The predicted molar refractivity (Wildman–Crippen MR) is 64.3 cm³/mol. The zero-order valence-corrected chi connectivity index (χ0v) is 10.7. The van der Waals surface area contributed by atoms with Gasteiger partial charge in [-0.1, -0.05) is 12.7 Å². The van der Waals surface area contributed by atoms with Gasteiger partial charge in [0, 0.05) is 0 Å². The number of epoxide rings is 2. The Hall–Kier alpha value is -1.40. The van der Waals surface area contributed by atoms with Crippen LogP contribution in [0.1, 0.15) is 12.8 Å². The number of hydrogen-bond donors (Lipinski definition) is 0. The Labute approximate surface area is 111 Å². The van der Waals surface area contributed by atoms with E-state index >= 15 is 0 Å². The second-order valence-electron chi connectivity index (χ2n) is 4.65. The fourth-order valence-corrected chi connectivity index (χ4v) is 1.65. The highest BCUT2D eigenvalue weighted by Crippen LogP contribution is 2.23. The minimum atomic E-state index is -0.514. The highest BCUT2D eigenvalue weighted by atomic mass is 16.6. The van der Waals surface area contributed by atoms with E-state index in [4.69, 9.17) is 18.9 Å². The Morgan fingerprint density at radius 1 is 1.26 bits per heavy atom. The summed E-state index contributed by atoms with van der Waals surface area (Å²) in [6.45, 7) is 5.14. The number of carbonyl (C=O) groups is 2. The standard InChI is InChI=1S/C13H18O6/c1-2-3-16-13(15)9(4-10-6-17-10)5-12(14)19-8-11-7-18-11/h2,9-11H,1,3-8H2. The summed E-state index contributed by atoms with van der Waals surface area (Å²) in [6.07, 6.45) is 2.08. The van der Waals surface area contributed by atoms with E-state index in [1.165, 1.54) is 6.08 Å². The molecular formula is C13H18O6. The van der Waals surface area contributed by atoms with Gasteiger partial charge in [0.1, 0.15) is 19.3 Å². The minimum absolute atomic E-state index is 0.0164. The summed E-state index contributed by atoms with van der Waals surface area (Å²) in [7, 11) is 0. The van der Waals surface area contributed by atoms with Crippen molar-refractivity contribution in [3.63, 3.8) is 0 Å². The Morgan fingerprint density at radius 3 is 2.53 bits per heavy atom. The molecule has 2 aliphatic heterocycles. The van der Waals surface area contributed by atoms with Crippen molar-refractivity contribution in [1.29, 1.82) is 0 Å². The molecule has 3 unspecified atom stereocenters. The van der Waals surface area contributed by atoms with Gasteiger partial charge in [0.25, 0.3) is 0 Å². The van der Waals surface area contributed by atoms with Crippen molar-refractivity contribution < 1.29 is 28.5 Å². The van der Waals surface area contributed by atoms with E-state index in [0.29, 0.717) is 19.6 Å². The van der Waals surface area contributed by atoms with Gasteiger partial charge in [-0.3, -0.25) is 9.59 Å². The number of ether oxygens (including phenoxy) is 4. The lowest BCUT2D eigenvalue weighted by molar-refractivity contribution is -0.155. The molecule has 2 rings (SSSR count). The second kappa shape index (κ2) is 6.68. The van der Waals surface area contributed by atoms with Gasteiger partial charge in [0.2, 0.25) is 0 Å². The van der Waals surface area contributed by atoms with Crippen molar-refractivity contribution in [3.8, 4) is 0 Å². The van der Waals surface area contributed by atoms with E-state index in [2.05, 4.69) is 6.58 Å². The molecule has 3 atom stereocenters. The van der Waals surface area contributed by atoms with Gasteiger partial charge in [-0.05, 0) is 6.42 Å². The normalized spacial score (nSPS) is 25.3. The molecule has 0 aromatic heterocycles. The van der Waals surface area contributed by atoms with Crippen LogP contribution >= 0.6 is 0 Å². The van der Waals surface area contributed by atoms with Crippen LogP contribution in [-0.4, -0.2) is 50.6 Å². The summed E-state index contributed by atoms with van der Waals surface area (Å²) in [5.74, 6) is -1.33. The molecule has 2 fully saturated rings. The van der Waals surface area contributed by atoms with E-state index in [9.17, 15) is 9.59 Å². The van der Waals surface area contributed by atoms with Crippen LogP contribution in [-0.2, 0) is 28.5 Å². The van der Waals surface area contributed by atoms with Gasteiger partial charge in [-0.2, -0.15) is 0 Å². The zero-order valence-electron chi connectivity index (χ0n) is 10.7. The quantitative estimate of drug-likeness (QED) is 0.344. The summed E-state index contributed by atoms with van der Waals surface area (Å²) in [5.41, 5.74) is 0. The van der Waals surface area contributed by atoms with Crippen LogP contribution in [0.5, 0.6) is 0 Å². The molecule has 0 bridgehead atoms. The van der Waals surface area contributed by atoms with Crippen molar-refractivity contribution in [2.75, 3.05) is 26.4 Å². The zero-order chi connectivity index (χ0) is 13.7. The number of rotatable bonds is 9. The van der Waals surface area contributed by atoms with Gasteiger partial charge < -0.3 is 18.9 Å². The van der Waals surface area contributed by atoms with Gasteiger partial charge in [0.05, 0.1) is 31.7 Å². The molecule has 6 heteroatoms. The number of hydrogen-bond acceptors (Lipinski definition) is 6. The molecule has 0 N–H and O–H groups in total. The van der Waals surface area contributed by atoms with E-state index in [1.807, 2.05) is 0 Å². The van der Waals surface area contributed by atoms with Crippen LogP contribution in [0, 0.1) is 5.92 Å². The monoisotopic (exact) mass is 270 g/mol. The third kappa shape index (κ3) is 5.40. The van der Waals surface area contributed by atoms with Crippen LogP contribution in [0.3, 0.4) is 0 Å². The van der Waals surface area contributed by atoms with Crippen molar-refractivity contribution >= 4 is 11.9 Å². The molecule has 0 amide bonds. The molecule has 0 saturated carbocycles. The molecule has 2 aliphatic rings. The molecule has 6 nitrogen and oxygen atoms in total. The van der Waals surface area contributed by atoms with E-state index < -0.39 is 17.9 Å². The van der Waals surface area contributed by atoms with Crippen molar-refractivity contribution in [2.45, 2.75) is 25.0 Å². The summed E-state index contributed by atoms with van der Waals surface area (Å²) >= 11 is 0. The van der Waals surface area contributed by atoms with Gasteiger partial charge in [-0.15, -0.1) is 0 Å². The van der Waals surface area contributed by atoms with Crippen LogP contribution in [0.15, 0.2) is 12.7 Å². The van der Waals surface area contributed by atoms with Gasteiger partial charge in [-0.25, -0.2) is 0 Å². The lowest BCUT2D eigenvalue weighted by Crippen LogP contribution is -2.24. The van der Waals surface area contributed by atoms with Gasteiger partial charge in [0.15, 0.2) is 0 Å². The van der Waals surface area contributed by atoms with Crippen LogP contribution in [0.25, 0.3) is 0 Å². The van der Waals surface area contributed by atoms with Crippen LogP contribution < -0.4 is 0 Å². The van der Waals surface area contributed by atoms with E-state index in [-0.39, 0.29) is 31.8 Å². The first-order valence-electron chi connectivity index (χ1n) is 6.35. The lowest BCUT2D eigenvalue weighted by Gasteiger charge is -2.13. The molecule has 0 aliphatic carbocycles. The number of carbonyl (C=O) groups excluding carboxylic acids is 2. The highest BCUT2D eigenvalue weighted by molar-refractivity contribution is 5.80. The smallest absolute Gasteiger partial charge is 0.309 e. The molecular weight excluding hydrogens is 252 g/mol. The maximum absolute atomic E-state index is 11.8. The molecule has 0 aromatic rings. The molecule has 19 heavy (non-hydrogen) atoms. The Bertz CT molecular complexity index is 345. The van der Waals surface area contributed by atoms with Crippen LogP contribution in [0.2, 0.25) is 0 Å². The van der Waals surface area contributed by atoms with E-state index in [0.717, 1.165) is 0 Å². The molecule has 0 spiro atoms. The molecule has 2 saturated heterocycles. The summed E-state index contributed by atoms with van der Waals surface area (Å²) in [4.78, 5) is 23.4. The van der Waals surface area contributed by atoms with Crippen molar-refractivity contribution in [2.24, 2.45) is 5.92 Å². The first-order chi connectivity index (χ1) is 9.19. The fourth-order valence-electron chi connectivity index (χ4n) is 1.65. The molecule has 0 radical (unpaired) electrons. The van der Waals surface area contributed by atoms with E-state index in [1.54, 1.807) is 0 Å². The minimum Gasteiger partial charge on any atom is -0.463 e. The van der Waals surface area contributed by atoms with Crippen LogP contribution in [0.4, 0.5) is 0 Å². The summed E-state index contributed by atoms with van der Waals surface area (Å²) in [6, 6.07) is 0. The van der Waals surface area contributed by atoms with Gasteiger partial charge >= 0.3 is 11.9 Å². The lowest BCUT2D eigenvalue weighted by atomic mass is 10.00.